The van der Waals surface area contributed by atoms with E-state index in [2.05, 4.69) is 9.47 Å². The summed E-state index contributed by atoms with van der Waals surface area (Å²) >= 11 is 0. The summed E-state index contributed by atoms with van der Waals surface area (Å²) in [4.78, 5) is 64.7. The van der Waals surface area contributed by atoms with E-state index in [-0.39, 0.29) is 0 Å². The molecule has 0 fully saturated rings. The average molecular weight is 329 g/mol. The quantitative estimate of drug-likeness (QED) is 0.269. The predicted octanol–water partition coefficient (Wildman–Crippen LogP) is -1.87. The maximum absolute atomic E-state index is 11.3. The van der Waals surface area contributed by atoms with Crippen LogP contribution >= 0.6 is 0 Å². The van der Waals surface area contributed by atoms with Gasteiger partial charge in [0.15, 0.2) is 0 Å². The molecule has 11 heteroatoms. The Hall–Kier alpha value is -3.34. The molecule has 0 aromatic rings. The number of ether oxygens (including phenoxy) is 2. The first kappa shape index (κ1) is 19.7. The Balaban J connectivity index is 4.38. The number of rotatable bonds is 7. The Bertz CT molecular complexity index is 589. The van der Waals surface area contributed by atoms with Crippen molar-refractivity contribution in [2.24, 2.45) is 5.73 Å². The van der Waals surface area contributed by atoms with E-state index in [1.54, 1.807) is 0 Å². The van der Waals surface area contributed by atoms with Crippen LogP contribution in [-0.2, 0) is 38.2 Å². The van der Waals surface area contributed by atoms with Crippen LogP contribution in [0.1, 0.15) is 6.42 Å². The standard InChI is InChI=1S/C12H11NO10/c13-6(12(21)23-10(19)4-2-8(16)17)5-11(20)22-9(18)3-1-7(14)15/h1-4,6H,5,13H2,(H,14,15)(H,16,17)/b3-1-,4-2-/t6-/m0/s1. The molecule has 124 valence electrons. The highest BCUT2D eigenvalue weighted by Gasteiger charge is 2.23. The highest BCUT2D eigenvalue weighted by Crippen LogP contribution is 1.98. The first-order valence-corrected chi connectivity index (χ1v) is 5.69. The van der Waals surface area contributed by atoms with Crippen molar-refractivity contribution in [3.8, 4) is 0 Å². The lowest BCUT2D eigenvalue weighted by Crippen LogP contribution is -2.36. The molecule has 0 bridgehead atoms. The zero-order valence-electron chi connectivity index (χ0n) is 11.3. The van der Waals surface area contributed by atoms with Crippen LogP contribution in [0.3, 0.4) is 0 Å². The number of carbonyl (C=O) groups is 6. The number of hydrogen-bond donors (Lipinski definition) is 3. The zero-order valence-corrected chi connectivity index (χ0v) is 11.3. The van der Waals surface area contributed by atoms with Gasteiger partial charge in [-0.3, -0.25) is 4.79 Å². The molecule has 0 saturated carbocycles. The molecular formula is C12H11NO10. The van der Waals surface area contributed by atoms with Crippen LogP contribution < -0.4 is 5.73 Å². The molecule has 1 atom stereocenters. The number of hydrogen-bond acceptors (Lipinski definition) is 9. The van der Waals surface area contributed by atoms with Crippen molar-refractivity contribution in [3.05, 3.63) is 24.3 Å². The number of esters is 4. The minimum absolute atomic E-state index is 0.419. The molecule has 0 amide bonds. The van der Waals surface area contributed by atoms with Gasteiger partial charge in [0, 0.05) is 24.3 Å². The van der Waals surface area contributed by atoms with Gasteiger partial charge in [0.2, 0.25) is 0 Å². The summed E-state index contributed by atoms with van der Waals surface area (Å²) in [5.74, 6) is -8.11. The summed E-state index contributed by atoms with van der Waals surface area (Å²) < 4.78 is 8.22. The van der Waals surface area contributed by atoms with E-state index in [1.165, 1.54) is 0 Å². The lowest BCUT2D eigenvalue weighted by Gasteiger charge is -2.07. The van der Waals surface area contributed by atoms with Gasteiger partial charge in [-0.25, -0.2) is 24.0 Å². The maximum Gasteiger partial charge on any atom is 0.338 e. The van der Waals surface area contributed by atoms with E-state index in [9.17, 15) is 28.8 Å². The Morgan fingerprint density at radius 3 is 1.70 bits per heavy atom. The van der Waals surface area contributed by atoms with Gasteiger partial charge in [0.25, 0.3) is 0 Å². The van der Waals surface area contributed by atoms with Crippen LogP contribution in [0, 0.1) is 0 Å². The van der Waals surface area contributed by atoms with E-state index >= 15 is 0 Å². The second-order valence-electron chi connectivity index (χ2n) is 3.69. The lowest BCUT2D eigenvalue weighted by atomic mass is 10.2. The second kappa shape index (κ2) is 9.57. The minimum atomic E-state index is -1.65. The van der Waals surface area contributed by atoms with E-state index in [0.29, 0.717) is 24.3 Å². The van der Waals surface area contributed by atoms with Crippen molar-refractivity contribution in [2.75, 3.05) is 0 Å². The second-order valence-corrected chi connectivity index (χ2v) is 3.69. The molecule has 0 aliphatic rings. The van der Waals surface area contributed by atoms with E-state index in [1.807, 2.05) is 0 Å². The molecule has 0 unspecified atom stereocenters. The Labute approximate surface area is 127 Å². The van der Waals surface area contributed by atoms with Crippen molar-refractivity contribution in [1.82, 2.24) is 0 Å². The normalized spacial score (nSPS) is 11.9. The van der Waals surface area contributed by atoms with Crippen molar-refractivity contribution < 1.29 is 48.5 Å². The van der Waals surface area contributed by atoms with E-state index in [4.69, 9.17) is 15.9 Å². The van der Waals surface area contributed by atoms with Crippen LogP contribution in [0.4, 0.5) is 0 Å². The topological polar surface area (TPSA) is 187 Å². The fourth-order valence-electron chi connectivity index (χ4n) is 0.938. The molecule has 23 heavy (non-hydrogen) atoms. The van der Waals surface area contributed by atoms with Crippen LogP contribution in [0.2, 0.25) is 0 Å². The van der Waals surface area contributed by atoms with Gasteiger partial charge >= 0.3 is 35.8 Å². The fourth-order valence-corrected chi connectivity index (χ4v) is 0.938. The van der Waals surface area contributed by atoms with Gasteiger partial charge in [-0.15, -0.1) is 0 Å². The zero-order chi connectivity index (χ0) is 18.0. The molecule has 0 aliphatic carbocycles. The largest absolute Gasteiger partial charge is 0.478 e. The Morgan fingerprint density at radius 1 is 0.826 bits per heavy atom. The number of carboxylic acids is 2. The third-order valence-electron chi connectivity index (χ3n) is 1.83. The van der Waals surface area contributed by atoms with Crippen molar-refractivity contribution in [3.63, 3.8) is 0 Å². The molecule has 0 radical (unpaired) electrons. The minimum Gasteiger partial charge on any atom is -0.478 e. The SMILES string of the molecule is N[C@@H](CC(=O)OC(=O)/C=C\C(=O)O)C(=O)OC(=O)/C=C\C(=O)O. The average Bonchev–Trinajstić information content (AvgIpc) is 2.42. The van der Waals surface area contributed by atoms with Gasteiger partial charge in [-0.1, -0.05) is 0 Å². The van der Waals surface area contributed by atoms with Gasteiger partial charge < -0.3 is 25.4 Å². The summed E-state index contributed by atoms with van der Waals surface area (Å²) in [6, 6.07) is -1.65. The van der Waals surface area contributed by atoms with Gasteiger partial charge in [0.1, 0.15) is 6.04 Å². The number of aliphatic carboxylic acids is 2. The van der Waals surface area contributed by atoms with E-state index in [0.717, 1.165) is 0 Å². The first-order valence-electron chi connectivity index (χ1n) is 5.69. The van der Waals surface area contributed by atoms with Gasteiger partial charge in [-0.05, 0) is 0 Å². The smallest absolute Gasteiger partial charge is 0.338 e. The van der Waals surface area contributed by atoms with E-state index < -0.39 is 48.3 Å². The summed E-state index contributed by atoms with van der Waals surface area (Å²) in [5.41, 5.74) is 5.23. The van der Waals surface area contributed by atoms with Gasteiger partial charge in [0.05, 0.1) is 6.42 Å². The fraction of sp³-hybridized carbons (Fsp3) is 0.167. The summed E-state index contributed by atoms with van der Waals surface area (Å²) in [5, 5.41) is 16.5. The number of nitrogens with two attached hydrogens (primary N) is 1. The Kier molecular flexibility index (Phi) is 8.18. The third-order valence-corrected chi connectivity index (χ3v) is 1.83. The lowest BCUT2D eigenvalue weighted by molar-refractivity contribution is -0.162. The molecule has 11 nitrogen and oxygen atoms in total. The first-order chi connectivity index (χ1) is 10.6. The molecule has 4 N–H and O–H groups in total. The summed E-state index contributed by atoms with van der Waals surface area (Å²) in [6.07, 6.45) is 0.928. The molecule has 0 rings (SSSR count). The number of carboxylic acid groups (broad SMARTS) is 2. The van der Waals surface area contributed by atoms with Crippen molar-refractivity contribution >= 4 is 35.8 Å². The highest BCUT2D eigenvalue weighted by atomic mass is 16.6. The Morgan fingerprint density at radius 2 is 1.26 bits per heavy atom. The molecule has 0 spiro atoms. The maximum atomic E-state index is 11.3. The molecule has 0 aliphatic heterocycles. The summed E-state index contributed by atoms with van der Waals surface area (Å²) in [7, 11) is 0. The summed E-state index contributed by atoms with van der Waals surface area (Å²) in [6.45, 7) is 0. The van der Waals surface area contributed by atoms with Crippen LogP contribution in [0.15, 0.2) is 24.3 Å². The predicted molar refractivity (Wildman–Crippen MR) is 68.3 cm³/mol. The molecule has 0 saturated heterocycles. The van der Waals surface area contributed by atoms with Crippen LogP contribution in [0.5, 0.6) is 0 Å². The molecule has 0 heterocycles. The monoisotopic (exact) mass is 329 g/mol. The molecule has 0 aromatic heterocycles. The third kappa shape index (κ3) is 10.1. The van der Waals surface area contributed by atoms with Crippen LogP contribution in [0.25, 0.3) is 0 Å². The van der Waals surface area contributed by atoms with Gasteiger partial charge in [-0.2, -0.15) is 0 Å². The molecular weight excluding hydrogens is 318 g/mol. The molecule has 0 aromatic carbocycles. The van der Waals surface area contributed by atoms with Crippen molar-refractivity contribution in [2.45, 2.75) is 12.5 Å². The van der Waals surface area contributed by atoms with Crippen LogP contribution in [-0.4, -0.2) is 52.1 Å². The van der Waals surface area contributed by atoms with Crippen molar-refractivity contribution in [1.29, 1.82) is 0 Å². The highest BCUT2D eigenvalue weighted by molar-refractivity contribution is 5.99. The number of carbonyl (C=O) groups excluding carboxylic acids is 4.